The maximum Gasteiger partial charge on any atom is 0.335 e. The van der Waals surface area contributed by atoms with Crippen LogP contribution in [-0.2, 0) is 16.2 Å². The predicted octanol–water partition coefficient (Wildman–Crippen LogP) is 5.64. The predicted molar refractivity (Wildman–Crippen MR) is 134 cm³/mol. The Morgan fingerprint density at radius 2 is 1.66 bits per heavy atom. The molecule has 0 atom stereocenters. The first-order valence-electron chi connectivity index (χ1n) is 10.7. The van der Waals surface area contributed by atoms with Crippen molar-refractivity contribution >= 4 is 52.8 Å². The summed E-state index contributed by atoms with van der Waals surface area (Å²) in [6.45, 7) is 2.44. The minimum Gasteiger partial charge on any atom is -0.490 e. The van der Waals surface area contributed by atoms with Gasteiger partial charge in [-0.2, -0.15) is 0 Å². The molecule has 178 valence electrons. The second-order valence-electron chi connectivity index (χ2n) is 7.45. The van der Waals surface area contributed by atoms with Gasteiger partial charge in [0.2, 0.25) is 0 Å². The SMILES string of the molecule is CCOc1cc(C=C2C(=O)NC(=O)N(c3ccc(Cl)cc3)C2=O)ccc1OCc1ccccc1Cl. The molecular formula is C26H20Cl2N2O5. The zero-order valence-corrected chi connectivity index (χ0v) is 20.1. The van der Waals surface area contributed by atoms with Gasteiger partial charge >= 0.3 is 6.03 Å². The zero-order valence-electron chi connectivity index (χ0n) is 18.6. The van der Waals surface area contributed by atoms with Gasteiger partial charge in [0.1, 0.15) is 12.2 Å². The molecule has 7 nitrogen and oxygen atoms in total. The molecule has 1 saturated heterocycles. The lowest BCUT2D eigenvalue weighted by Gasteiger charge is -2.26. The molecule has 1 N–H and O–H groups in total. The van der Waals surface area contributed by atoms with Crippen molar-refractivity contribution in [3.63, 3.8) is 0 Å². The number of urea groups is 1. The summed E-state index contributed by atoms with van der Waals surface area (Å²) in [5, 5.41) is 3.24. The Balaban J connectivity index is 1.61. The van der Waals surface area contributed by atoms with Crippen molar-refractivity contribution in [1.29, 1.82) is 0 Å². The number of imide groups is 2. The fraction of sp³-hybridized carbons (Fsp3) is 0.115. The van der Waals surface area contributed by atoms with Crippen LogP contribution in [0, 0.1) is 0 Å². The van der Waals surface area contributed by atoms with E-state index in [1.54, 1.807) is 36.4 Å². The van der Waals surface area contributed by atoms with Crippen molar-refractivity contribution in [2.45, 2.75) is 13.5 Å². The van der Waals surface area contributed by atoms with Crippen LogP contribution in [0.4, 0.5) is 10.5 Å². The van der Waals surface area contributed by atoms with E-state index >= 15 is 0 Å². The summed E-state index contributed by atoms with van der Waals surface area (Å²) in [6.07, 6.45) is 1.40. The van der Waals surface area contributed by atoms with Crippen molar-refractivity contribution in [3.8, 4) is 11.5 Å². The third-order valence-corrected chi connectivity index (χ3v) is 5.73. The fourth-order valence-electron chi connectivity index (χ4n) is 3.42. The number of amides is 4. The van der Waals surface area contributed by atoms with E-state index in [0.717, 1.165) is 10.5 Å². The number of benzene rings is 3. The molecule has 3 aromatic carbocycles. The summed E-state index contributed by atoms with van der Waals surface area (Å²) in [5.74, 6) is -0.630. The van der Waals surface area contributed by atoms with Gasteiger partial charge in [-0.1, -0.05) is 47.5 Å². The summed E-state index contributed by atoms with van der Waals surface area (Å²) in [5.41, 5.74) is 1.42. The standard InChI is InChI=1S/C26H20Cl2N2O5/c1-2-34-23-14-16(7-12-22(23)35-15-17-5-3-4-6-21(17)28)13-20-24(31)29-26(33)30(25(20)32)19-10-8-18(27)9-11-19/h3-14H,2,15H2,1H3,(H,29,31,33). The van der Waals surface area contributed by atoms with Crippen LogP contribution in [0.3, 0.4) is 0 Å². The van der Waals surface area contributed by atoms with Crippen LogP contribution in [-0.4, -0.2) is 24.5 Å². The quantitative estimate of drug-likeness (QED) is 0.328. The van der Waals surface area contributed by atoms with E-state index in [-0.39, 0.29) is 17.9 Å². The van der Waals surface area contributed by atoms with Crippen LogP contribution in [0.1, 0.15) is 18.1 Å². The van der Waals surface area contributed by atoms with E-state index < -0.39 is 17.8 Å². The highest BCUT2D eigenvalue weighted by atomic mass is 35.5. The van der Waals surface area contributed by atoms with E-state index in [0.29, 0.717) is 33.7 Å². The van der Waals surface area contributed by atoms with Crippen molar-refractivity contribution in [3.05, 3.63) is 93.5 Å². The zero-order chi connectivity index (χ0) is 24.9. The average molecular weight is 511 g/mol. The van der Waals surface area contributed by atoms with E-state index in [2.05, 4.69) is 5.32 Å². The highest BCUT2D eigenvalue weighted by Crippen LogP contribution is 2.31. The molecule has 1 aliphatic heterocycles. The molecule has 0 bridgehead atoms. The van der Waals surface area contributed by atoms with Crippen molar-refractivity contribution in [1.82, 2.24) is 5.32 Å². The van der Waals surface area contributed by atoms with E-state index in [9.17, 15) is 14.4 Å². The lowest BCUT2D eigenvalue weighted by Crippen LogP contribution is -2.54. The Labute approximate surface area is 211 Å². The number of nitrogens with one attached hydrogen (secondary N) is 1. The first-order chi connectivity index (χ1) is 16.9. The van der Waals surface area contributed by atoms with Crippen LogP contribution < -0.4 is 19.7 Å². The molecule has 0 saturated carbocycles. The molecular weight excluding hydrogens is 491 g/mol. The van der Waals surface area contributed by atoms with Crippen LogP contribution in [0.15, 0.2) is 72.3 Å². The van der Waals surface area contributed by atoms with E-state index in [1.165, 1.54) is 18.2 Å². The number of anilines is 1. The fourth-order valence-corrected chi connectivity index (χ4v) is 3.74. The highest BCUT2D eigenvalue weighted by molar-refractivity contribution is 6.39. The largest absolute Gasteiger partial charge is 0.490 e. The first-order valence-corrected chi connectivity index (χ1v) is 11.4. The number of rotatable bonds is 7. The lowest BCUT2D eigenvalue weighted by molar-refractivity contribution is -0.122. The normalized spacial score (nSPS) is 14.8. The minimum atomic E-state index is -0.835. The maximum atomic E-state index is 13.1. The van der Waals surface area contributed by atoms with Crippen molar-refractivity contribution < 1.29 is 23.9 Å². The van der Waals surface area contributed by atoms with Gasteiger partial charge < -0.3 is 9.47 Å². The molecule has 4 rings (SSSR count). The summed E-state index contributed by atoms with van der Waals surface area (Å²) in [6, 6.07) is 17.7. The molecule has 0 aliphatic carbocycles. The van der Waals surface area contributed by atoms with Gasteiger partial charge in [-0.15, -0.1) is 0 Å². The number of carbonyl (C=O) groups excluding carboxylic acids is 3. The third-order valence-electron chi connectivity index (χ3n) is 5.11. The first kappa shape index (κ1) is 24.3. The lowest BCUT2D eigenvalue weighted by atomic mass is 10.1. The van der Waals surface area contributed by atoms with Crippen LogP contribution in [0.2, 0.25) is 10.0 Å². The molecule has 35 heavy (non-hydrogen) atoms. The van der Waals surface area contributed by atoms with E-state index in [1.807, 2.05) is 25.1 Å². The Morgan fingerprint density at radius 3 is 2.37 bits per heavy atom. The number of barbiturate groups is 1. The third kappa shape index (κ3) is 5.48. The maximum absolute atomic E-state index is 13.1. The Kier molecular flexibility index (Phi) is 7.39. The summed E-state index contributed by atoms with van der Waals surface area (Å²) in [4.78, 5) is 38.8. The van der Waals surface area contributed by atoms with Crippen molar-refractivity contribution in [2.24, 2.45) is 0 Å². The number of carbonyl (C=O) groups is 3. The molecule has 3 aromatic rings. The summed E-state index contributed by atoms with van der Waals surface area (Å²) >= 11 is 12.1. The second kappa shape index (κ2) is 10.6. The molecule has 0 aromatic heterocycles. The van der Waals surface area contributed by atoms with Gasteiger partial charge in [-0.05, 0) is 61.0 Å². The average Bonchev–Trinajstić information content (AvgIpc) is 2.83. The Morgan fingerprint density at radius 1 is 0.914 bits per heavy atom. The van der Waals surface area contributed by atoms with Crippen molar-refractivity contribution in [2.75, 3.05) is 11.5 Å². The van der Waals surface area contributed by atoms with Crippen LogP contribution >= 0.6 is 23.2 Å². The summed E-state index contributed by atoms with van der Waals surface area (Å²) in [7, 11) is 0. The minimum absolute atomic E-state index is 0.202. The summed E-state index contributed by atoms with van der Waals surface area (Å²) < 4.78 is 11.6. The van der Waals surface area contributed by atoms with Gasteiger partial charge in [0.15, 0.2) is 11.5 Å². The Hall–Kier alpha value is -3.81. The molecule has 0 unspecified atom stereocenters. The number of hydrogen-bond acceptors (Lipinski definition) is 5. The monoisotopic (exact) mass is 510 g/mol. The highest BCUT2D eigenvalue weighted by Gasteiger charge is 2.36. The Bertz CT molecular complexity index is 1320. The van der Waals surface area contributed by atoms with Crippen LogP contribution in [0.5, 0.6) is 11.5 Å². The topological polar surface area (TPSA) is 84.9 Å². The van der Waals surface area contributed by atoms with Gasteiger partial charge in [-0.3, -0.25) is 14.9 Å². The second-order valence-corrected chi connectivity index (χ2v) is 8.30. The van der Waals surface area contributed by atoms with Gasteiger partial charge in [-0.25, -0.2) is 9.69 Å². The smallest absolute Gasteiger partial charge is 0.335 e. The molecule has 1 aliphatic rings. The molecule has 9 heteroatoms. The molecule has 0 spiro atoms. The van der Waals surface area contributed by atoms with Gasteiger partial charge in [0, 0.05) is 15.6 Å². The van der Waals surface area contributed by atoms with Crippen LogP contribution in [0.25, 0.3) is 6.08 Å². The van der Waals surface area contributed by atoms with E-state index in [4.69, 9.17) is 32.7 Å². The van der Waals surface area contributed by atoms with Gasteiger partial charge in [0.25, 0.3) is 11.8 Å². The molecule has 4 amide bonds. The number of ether oxygens (including phenoxy) is 2. The molecule has 1 fully saturated rings. The molecule has 0 radical (unpaired) electrons. The number of hydrogen-bond donors (Lipinski definition) is 1. The number of halogens is 2. The number of nitrogens with zero attached hydrogens (tertiary/aromatic N) is 1. The van der Waals surface area contributed by atoms with Gasteiger partial charge in [0.05, 0.1) is 12.3 Å². The molecule has 1 heterocycles.